The summed E-state index contributed by atoms with van der Waals surface area (Å²) in [6, 6.07) is 8.39. The van der Waals surface area contributed by atoms with E-state index in [1.165, 1.54) is 11.1 Å². The van der Waals surface area contributed by atoms with Crippen molar-refractivity contribution in [1.29, 1.82) is 0 Å². The Bertz CT molecular complexity index is 291. The van der Waals surface area contributed by atoms with Crippen molar-refractivity contribution in [2.24, 2.45) is 0 Å². The molecule has 0 spiro atoms. The zero-order chi connectivity index (χ0) is 11.7. The smallest absolute Gasteiger partial charge is 0.0140 e. The largest absolute Gasteiger partial charge is 0.312 e. The van der Waals surface area contributed by atoms with Crippen molar-refractivity contribution in [3.8, 4) is 0 Å². The van der Waals surface area contributed by atoms with Crippen LogP contribution in [0.25, 0.3) is 6.08 Å². The van der Waals surface area contributed by atoms with E-state index < -0.39 is 0 Å². The van der Waals surface area contributed by atoms with Crippen LogP contribution >= 0.6 is 0 Å². The lowest BCUT2D eigenvalue weighted by atomic mass is 10.1. The van der Waals surface area contributed by atoms with Gasteiger partial charge in [0.25, 0.3) is 0 Å². The monoisotopic (exact) mass is 203 g/mol. The third-order valence-corrected chi connectivity index (χ3v) is 1.50. The Kier molecular flexibility index (Phi) is 7.29. The highest BCUT2D eigenvalue weighted by molar-refractivity contribution is 5.51. The number of allylic oxidation sites excluding steroid dienone is 2. The van der Waals surface area contributed by atoms with E-state index in [9.17, 15) is 0 Å². The van der Waals surface area contributed by atoms with Crippen molar-refractivity contribution in [2.75, 3.05) is 21.1 Å². The summed E-state index contributed by atoms with van der Waals surface area (Å²) >= 11 is 0. The maximum Gasteiger partial charge on any atom is -0.0140 e. The van der Waals surface area contributed by atoms with Crippen LogP contribution in [0.4, 0.5) is 0 Å². The topological polar surface area (TPSA) is 3.24 Å². The summed E-state index contributed by atoms with van der Waals surface area (Å²) in [4.78, 5) is 2.00. The molecular weight excluding hydrogens is 182 g/mol. The van der Waals surface area contributed by atoms with Crippen molar-refractivity contribution in [1.82, 2.24) is 4.90 Å². The summed E-state index contributed by atoms with van der Waals surface area (Å²) in [5, 5.41) is 0. The molecule has 1 heteroatoms. The van der Waals surface area contributed by atoms with Crippen LogP contribution < -0.4 is 0 Å². The molecule has 0 fully saturated rings. The van der Waals surface area contributed by atoms with Gasteiger partial charge in [0.05, 0.1) is 0 Å². The Morgan fingerprint density at radius 1 is 1.07 bits per heavy atom. The number of hydrogen-bond acceptors (Lipinski definition) is 1. The second-order valence-electron chi connectivity index (χ2n) is 3.85. The Labute approximate surface area is 93.7 Å². The van der Waals surface area contributed by atoms with Gasteiger partial charge in [-0.05, 0) is 33.6 Å². The molecule has 0 unspecified atom stereocenters. The lowest BCUT2D eigenvalue weighted by molar-refractivity contribution is 0.505. The third-order valence-electron chi connectivity index (χ3n) is 1.50. The normalized spacial score (nSPS) is 9.93. The summed E-state index contributed by atoms with van der Waals surface area (Å²) in [7, 11) is 6.00. The Morgan fingerprint density at radius 2 is 1.53 bits per heavy atom. The van der Waals surface area contributed by atoms with Crippen molar-refractivity contribution in [3.63, 3.8) is 0 Å². The summed E-state index contributed by atoms with van der Waals surface area (Å²) in [5.74, 6) is 0. The molecule has 0 radical (unpaired) electrons. The molecule has 1 aromatic rings. The van der Waals surface area contributed by atoms with Gasteiger partial charge in [-0.3, -0.25) is 0 Å². The number of aryl methyl sites for hydroxylation is 1. The van der Waals surface area contributed by atoms with Gasteiger partial charge in [0.1, 0.15) is 0 Å². The first-order valence-corrected chi connectivity index (χ1v) is 5.03. The van der Waals surface area contributed by atoms with Gasteiger partial charge in [-0.15, -0.1) is 0 Å². The average Bonchev–Trinajstić information content (AvgIpc) is 2.16. The number of benzene rings is 1. The number of rotatable bonds is 2. The molecule has 1 nitrogen and oxygen atoms in total. The summed E-state index contributed by atoms with van der Waals surface area (Å²) in [5.41, 5.74) is 2.51. The Balaban J connectivity index is 0.000000423. The van der Waals surface area contributed by atoms with Crippen molar-refractivity contribution in [3.05, 3.63) is 54.1 Å². The van der Waals surface area contributed by atoms with Crippen LogP contribution in [0.3, 0.4) is 0 Å². The van der Waals surface area contributed by atoms with Crippen LogP contribution in [0.15, 0.2) is 43.0 Å². The standard InChI is InChI=1S/C11H12.C3H9N/c1-3-4-5-11-8-6-10(2)7-9-11;1-4(2)3/h3-9H,1H2,2H3;1-3H3. The fourth-order valence-electron chi connectivity index (χ4n) is 0.857. The second kappa shape index (κ2) is 8.01. The molecule has 0 heterocycles. The van der Waals surface area contributed by atoms with Gasteiger partial charge in [0.2, 0.25) is 0 Å². The summed E-state index contributed by atoms with van der Waals surface area (Å²) < 4.78 is 0. The van der Waals surface area contributed by atoms with Crippen LogP contribution in [0.1, 0.15) is 11.1 Å². The lowest BCUT2D eigenvalue weighted by Gasteiger charge is -1.92. The predicted octanol–water partition coefficient (Wildman–Crippen LogP) is 3.37. The van der Waals surface area contributed by atoms with E-state index in [0.717, 1.165) is 0 Å². The zero-order valence-corrected chi connectivity index (χ0v) is 10.2. The second-order valence-corrected chi connectivity index (χ2v) is 3.85. The van der Waals surface area contributed by atoms with E-state index in [4.69, 9.17) is 0 Å². The molecule has 0 aromatic heterocycles. The van der Waals surface area contributed by atoms with Gasteiger partial charge in [0, 0.05) is 0 Å². The van der Waals surface area contributed by atoms with Gasteiger partial charge in [-0.25, -0.2) is 0 Å². The van der Waals surface area contributed by atoms with E-state index in [0.29, 0.717) is 0 Å². The van der Waals surface area contributed by atoms with E-state index >= 15 is 0 Å². The highest BCUT2D eigenvalue weighted by atomic mass is 15.0. The molecule has 1 aromatic carbocycles. The fourth-order valence-corrected chi connectivity index (χ4v) is 0.857. The first-order chi connectivity index (χ1) is 7.06. The molecule has 15 heavy (non-hydrogen) atoms. The molecule has 0 aliphatic rings. The molecule has 0 saturated carbocycles. The minimum atomic E-state index is 1.22. The maximum atomic E-state index is 3.61. The lowest BCUT2D eigenvalue weighted by Crippen LogP contribution is -1.99. The molecule has 0 saturated heterocycles. The van der Waals surface area contributed by atoms with Crippen molar-refractivity contribution < 1.29 is 0 Å². The van der Waals surface area contributed by atoms with Crippen LogP contribution in [0, 0.1) is 6.92 Å². The summed E-state index contributed by atoms with van der Waals surface area (Å²) in [6.45, 7) is 5.69. The Morgan fingerprint density at radius 3 is 1.93 bits per heavy atom. The predicted molar refractivity (Wildman–Crippen MR) is 70.0 cm³/mol. The quantitative estimate of drug-likeness (QED) is 0.666. The van der Waals surface area contributed by atoms with E-state index in [1.54, 1.807) is 6.08 Å². The molecule has 82 valence electrons. The van der Waals surface area contributed by atoms with Gasteiger partial charge < -0.3 is 4.90 Å². The first-order valence-electron chi connectivity index (χ1n) is 5.03. The number of hydrogen-bond donors (Lipinski definition) is 0. The van der Waals surface area contributed by atoms with Crippen LogP contribution in [-0.4, -0.2) is 26.0 Å². The van der Waals surface area contributed by atoms with Crippen molar-refractivity contribution >= 4 is 6.08 Å². The van der Waals surface area contributed by atoms with Gasteiger partial charge in [-0.1, -0.05) is 54.6 Å². The van der Waals surface area contributed by atoms with E-state index in [1.807, 2.05) is 38.2 Å². The highest BCUT2D eigenvalue weighted by Crippen LogP contribution is 2.04. The molecule has 0 bridgehead atoms. The van der Waals surface area contributed by atoms with Crippen molar-refractivity contribution in [2.45, 2.75) is 6.92 Å². The van der Waals surface area contributed by atoms with Crippen LogP contribution in [0.5, 0.6) is 0 Å². The van der Waals surface area contributed by atoms with E-state index in [-0.39, 0.29) is 0 Å². The number of nitrogens with zero attached hydrogens (tertiary/aromatic N) is 1. The molecule has 0 aliphatic heterocycles. The maximum absolute atomic E-state index is 3.61. The van der Waals surface area contributed by atoms with E-state index in [2.05, 4.69) is 37.8 Å². The molecule has 0 amide bonds. The highest BCUT2D eigenvalue weighted by Gasteiger charge is 1.83. The summed E-state index contributed by atoms with van der Waals surface area (Å²) in [6.07, 6.45) is 5.75. The molecule has 1 rings (SSSR count). The zero-order valence-electron chi connectivity index (χ0n) is 10.2. The average molecular weight is 203 g/mol. The minimum Gasteiger partial charge on any atom is -0.312 e. The SMILES string of the molecule is C=CC=Cc1ccc(C)cc1.CN(C)C. The van der Waals surface area contributed by atoms with Crippen LogP contribution in [0.2, 0.25) is 0 Å². The van der Waals surface area contributed by atoms with Gasteiger partial charge in [-0.2, -0.15) is 0 Å². The molecule has 0 atom stereocenters. The fraction of sp³-hybridized carbons (Fsp3) is 0.286. The van der Waals surface area contributed by atoms with Gasteiger partial charge in [0.15, 0.2) is 0 Å². The van der Waals surface area contributed by atoms with Gasteiger partial charge >= 0.3 is 0 Å². The minimum absolute atomic E-state index is 1.22. The molecule has 0 aliphatic carbocycles. The van der Waals surface area contributed by atoms with Crippen LogP contribution in [-0.2, 0) is 0 Å². The molecule has 0 N–H and O–H groups in total. The first kappa shape index (κ1) is 13.7. The molecular formula is C14H21N. The Hall–Kier alpha value is -1.34. The third kappa shape index (κ3) is 8.98.